The second-order valence-electron chi connectivity index (χ2n) is 9.89. The predicted molar refractivity (Wildman–Crippen MR) is 144 cm³/mol. The Morgan fingerprint density at radius 1 is 1.13 bits per heavy atom. The van der Waals surface area contributed by atoms with Gasteiger partial charge in [-0.2, -0.15) is 0 Å². The van der Waals surface area contributed by atoms with E-state index in [9.17, 15) is 14.4 Å². The number of aromatic nitrogens is 2. The first kappa shape index (κ1) is 21.9. The minimum atomic E-state index is -2.73. The van der Waals surface area contributed by atoms with Crippen LogP contribution in [-0.4, -0.2) is 73.1 Å². The van der Waals surface area contributed by atoms with E-state index in [1.165, 1.54) is 12.1 Å². The van der Waals surface area contributed by atoms with Gasteiger partial charge in [-0.25, -0.2) is 0 Å². The van der Waals surface area contributed by atoms with E-state index in [0.29, 0.717) is 29.8 Å². The lowest BCUT2D eigenvalue weighted by atomic mass is 9.88. The zero-order chi connectivity index (χ0) is 29.3. The Hall–Kier alpha value is -4.15. The van der Waals surface area contributed by atoms with Crippen LogP contribution in [0.5, 0.6) is 5.75 Å². The molecule has 3 fully saturated rings. The minimum absolute atomic E-state index is 0.0493. The molecule has 200 valence electrons. The van der Waals surface area contributed by atoms with Crippen LogP contribution in [0.25, 0.3) is 0 Å². The average Bonchev–Trinajstić information content (AvgIpc) is 3.70. The molecule has 5 rings (SSSR count). The zero-order valence-electron chi connectivity index (χ0n) is 24.2. The Morgan fingerprint density at radius 2 is 1.95 bits per heavy atom. The number of hydrogen-bond donors (Lipinski definition) is 3. The van der Waals surface area contributed by atoms with Crippen molar-refractivity contribution in [1.82, 2.24) is 20.4 Å². The summed E-state index contributed by atoms with van der Waals surface area (Å²) in [6.45, 7) is 3.80. The number of nitrogens with one attached hydrogen (secondary N) is 3. The van der Waals surface area contributed by atoms with Gasteiger partial charge >= 0.3 is 0 Å². The molecule has 0 radical (unpaired) electrons. The van der Waals surface area contributed by atoms with E-state index in [0.717, 1.165) is 44.6 Å². The van der Waals surface area contributed by atoms with Crippen LogP contribution in [0.4, 0.5) is 22.9 Å². The van der Waals surface area contributed by atoms with Crippen LogP contribution in [-0.2, 0) is 9.59 Å². The van der Waals surface area contributed by atoms with Crippen LogP contribution < -0.4 is 25.6 Å². The third-order valence-electron chi connectivity index (χ3n) is 7.42. The number of benzene rings is 1. The van der Waals surface area contributed by atoms with Crippen molar-refractivity contribution in [3.8, 4) is 5.75 Å². The highest BCUT2D eigenvalue weighted by atomic mass is 16.5. The van der Waals surface area contributed by atoms with Gasteiger partial charge in [-0.05, 0) is 49.3 Å². The van der Waals surface area contributed by atoms with Crippen molar-refractivity contribution >= 4 is 40.6 Å². The average molecular weight is 523 g/mol. The van der Waals surface area contributed by atoms with Crippen molar-refractivity contribution in [2.75, 3.05) is 55.8 Å². The summed E-state index contributed by atoms with van der Waals surface area (Å²) in [6, 6.07) is 7.01. The number of para-hydroxylation sites is 1. The number of methoxy groups -OCH3 is 1. The molecule has 2 saturated heterocycles. The Kier molecular flexibility index (Phi) is 6.15. The first-order chi connectivity index (χ1) is 19.6. The molecule has 0 spiro atoms. The summed E-state index contributed by atoms with van der Waals surface area (Å²) in [5, 5.41) is 15.7. The molecule has 11 nitrogen and oxygen atoms in total. The maximum atomic E-state index is 12.8. The fraction of sp³-hybridized carbons (Fsp3) is 0.444. The zero-order valence-corrected chi connectivity index (χ0v) is 21.2. The molecule has 2 aromatic rings. The van der Waals surface area contributed by atoms with E-state index in [1.54, 1.807) is 13.2 Å². The highest BCUT2D eigenvalue weighted by Gasteiger charge is 2.39. The number of rotatable bonds is 8. The Labute approximate surface area is 225 Å². The molecular weight excluding hydrogens is 486 g/mol. The lowest BCUT2D eigenvalue weighted by molar-refractivity contribution is -0.125. The Balaban J connectivity index is 1.42. The van der Waals surface area contributed by atoms with E-state index in [-0.39, 0.29) is 34.9 Å². The lowest BCUT2D eigenvalue weighted by Gasteiger charge is -2.36. The molecule has 2 atom stereocenters. The van der Waals surface area contributed by atoms with Crippen LogP contribution in [0.15, 0.2) is 36.9 Å². The van der Waals surface area contributed by atoms with Gasteiger partial charge in [-0.15, -0.1) is 10.2 Å². The third kappa shape index (κ3) is 5.13. The second kappa shape index (κ2) is 10.7. The third-order valence-corrected chi connectivity index (χ3v) is 7.42. The molecule has 3 aliphatic rings. The van der Waals surface area contributed by atoms with Crippen LogP contribution in [0, 0.1) is 17.8 Å². The lowest BCUT2D eigenvalue weighted by Crippen LogP contribution is -2.40. The highest BCUT2D eigenvalue weighted by molar-refractivity contribution is 6.00. The van der Waals surface area contributed by atoms with Crippen molar-refractivity contribution in [2.24, 2.45) is 17.8 Å². The molecule has 1 saturated carbocycles. The van der Waals surface area contributed by atoms with Gasteiger partial charge in [-0.3, -0.25) is 14.4 Å². The number of ether oxygens (including phenoxy) is 1. The molecule has 38 heavy (non-hydrogen) atoms. The molecule has 0 bridgehead atoms. The standard InChI is InChI=1S/C27H33N7O4/c1-4-23(35)34-13-17-10-11-33(14-18(17)15-34)21-7-5-6-19(25(21)38-3)29-20-12-22(30-26(36)16-8-9-16)31-32-24(20)27(37)28-2/h4-7,12,16-18H,1,8-11,13-15H2,2-3H3,(H,28,37)(H2,29,30,31,36)/t17-,18+/m1/s1/i2D3. The fourth-order valence-electron chi connectivity index (χ4n) is 5.28. The molecule has 1 aromatic carbocycles. The first-order valence-corrected chi connectivity index (χ1v) is 12.7. The Bertz CT molecular complexity index is 1360. The van der Waals surface area contributed by atoms with Gasteiger partial charge in [0.15, 0.2) is 17.3 Å². The van der Waals surface area contributed by atoms with Crippen molar-refractivity contribution in [3.05, 3.63) is 42.6 Å². The number of carbonyl (C=O) groups excluding carboxylic acids is 3. The smallest absolute Gasteiger partial charge is 0.273 e. The van der Waals surface area contributed by atoms with Gasteiger partial charge in [0.25, 0.3) is 5.91 Å². The largest absolute Gasteiger partial charge is 0.492 e. The fourth-order valence-corrected chi connectivity index (χ4v) is 5.28. The summed E-state index contributed by atoms with van der Waals surface area (Å²) in [7, 11) is 1.55. The molecule has 3 heterocycles. The normalized spacial score (nSPS) is 21.9. The van der Waals surface area contributed by atoms with E-state index < -0.39 is 12.9 Å². The van der Waals surface area contributed by atoms with Crippen molar-refractivity contribution in [1.29, 1.82) is 0 Å². The molecule has 0 unspecified atom stereocenters. The maximum absolute atomic E-state index is 12.8. The number of fused-ring (bicyclic) bond motifs is 1. The summed E-state index contributed by atoms with van der Waals surface area (Å²) in [6.07, 6.45) is 3.88. The minimum Gasteiger partial charge on any atom is -0.492 e. The number of hydrogen-bond acceptors (Lipinski definition) is 8. The van der Waals surface area contributed by atoms with Crippen molar-refractivity contribution < 1.29 is 23.2 Å². The molecular formula is C27H33N7O4. The number of piperidine rings is 1. The summed E-state index contributed by atoms with van der Waals surface area (Å²) >= 11 is 0. The van der Waals surface area contributed by atoms with Crippen molar-refractivity contribution in [2.45, 2.75) is 19.3 Å². The van der Waals surface area contributed by atoms with Gasteiger partial charge in [0.1, 0.15) is 0 Å². The molecule has 3 amide bonds. The molecule has 3 N–H and O–H groups in total. The number of likely N-dealkylation sites (tertiary alicyclic amines) is 1. The quantitative estimate of drug-likeness (QED) is 0.451. The number of nitrogens with zero attached hydrogens (tertiary/aromatic N) is 4. The van der Waals surface area contributed by atoms with Gasteiger partial charge in [0.2, 0.25) is 11.8 Å². The van der Waals surface area contributed by atoms with Gasteiger partial charge < -0.3 is 30.5 Å². The van der Waals surface area contributed by atoms with E-state index in [1.807, 2.05) is 22.3 Å². The monoisotopic (exact) mass is 522 g/mol. The number of anilines is 4. The van der Waals surface area contributed by atoms with Crippen LogP contribution in [0.2, 0.25) is 0 Å². The summed E-state index contributed by atoms with van der Waals surface area (Å²) < 4.78 is 28.1. The summed E-state index contributed by atoms with van der Waals surface area (Å²) in [5.41, 5.74) is 1.24. The van der Waals surface area contributed by atoms with E-state index in [2.05, 4.69) is 32.3 Å². The predicted octanol–water partition coefficient (Wildman–Crippen LogP) is 2.41. The van der Waals surface area contributed by atoms with Crippen molar-refractivity contribution in [3.63, 3.8) is 0 Å². The van der Waals surface area contributed by atoms with Gasteiger partial charge in [-0.1, -0.05) is 12.6 Å². The second-order valence-corrected chi connectivity index (χ2v) is 9.89. The van der Waals surface area contributed by atoms with Crippen LogP contribution >= 0.6 is 0 Å². The first-order valence-electron chi connectivity index (χ1n) is 14.2. The topological polar surface area (TPSA) is 129 Å². The van der Waals surface area contributed by atoms with E-state index in [4.69, 9.17) is 8.85 Å². The Morgan fingerprint density at radius 3 is 2.68 bits per heavy atom. The molecule has 1 aromatic heterocycles. The van der Waals surface area contributed by atoms with Crippen LogP contribution in [0.3, 0.4) is 0 Å². The molecule has 1 aliphatic carbocycles. The summed E-state index contributed by atoms with van der Waals surface area (Å²) in [4.78, 5) is 41.4. The van der Waals surface area contributed by atoms with Gasteiger partial charge in [0, 0.05) is 49.3 Å². The molecule has 2 aliphatic heterocycles. The summed E-state index contributed by atoms with van der Waals surface area (Å²) in [5.74, 6) is 0.129. The number of amides is 3. The highest BCUT2D eigenvalue weighted by Crippen LogP contribution is 2.41. The van der Waals surface area contributed by atoms with E-state index >= 15 is 0 Å². The SMILES string of the molecule is [2H]C([2H])([2H])NC(=O)c1nnc(NC(=O)C2CC2)cc1Nc1cccc(N2CC[C@@H]3CN(C(=O)C=C)C[C@@H]3C2)c1OC. The van der Waals surface area contributed by atoms with Crippen LogP contribution in [0.1, 0.15) is 33.9 Å². The molecule has 11 heteroatoms. The van der Waals surface area contributed by atoms with Gasteiger partial charge in [0.05, 0.1) is 24.2 Å². The maximum Gasteiger partial charge on any atom is 0.273 e. The number of carbonyl (C=O) groups is 3.